The zero-order valence-corrected chi connectivity index (χ0v) is 8.81. The largest absolute Gasteiger partial charge is 0.507 e. The van der Waals surface area contributed by atoms with E-state index in [1.807, 2.05) is 0 Å². The van der Waals surface area contributed by atoms with Crippen molar-refractivity contribution in [2.24, 2.45) is 5.73 Å². The third-order valence-electron chi connectivity index (χ3n) is 1.68. The molecule has 1 atom stereocenters. The molecule has 0 aromatic heterocycles. The highest BCUT2D eigenvalue weighted by molar-refractivity contribution is 9.10. The molecule has 0 radical (unpaired) electrons. The van der Waals surface area contributed by atoms with Crippen LogP contribution in [-0.2, 0) is 6.42 Å². The summed E-state index contributed by atoms with van der Waals surface area (Å²) < 4.78 is 13.5. The Morgan fingerprint density at radius 3 is 2.77 bits per heavy atom. The van der Waals surface area contributed by atoms with E-state index in [-0.39, 0.29) is 16.3 Å². The van der Waals surface area contributed by atoms with Crippen LogP contribution in [0, 0.1) is 5.82 Å². The molecular weight excluding hydrogens is 237 g/mol. The minimum Gasteiger partial charge on any atom is -0.507 e. The van der Waals surface area contributed by atoms with E-state index in [4.69, 9.17) is 10.8 Å². The van der Waals surface area contributed by atoms with Crippen LogP contribution in [0.3, 0.4) is 0 Å². The number of benzene rings is 1. The molecule has 0 aliphatic heterocycles. The fraction of sp³-hybridized carbons (Fsp3) is 0.333. The zero-order valence-electron chi connectivity index (χ0n) is 7.22. The molecule has 1 rings (SSSR count). The fourth-order valence-electron chi connectivity index (χ4n) is 1.08. The fourth-order valence-corrected chi connectivity index (χ4v) is 1.47. The van der Waals surface area contributed by atoms with Crippen molar-refractivity contribution in [2.45, 2.75) is 19.4 Å². The first-order valence-corrected chi connectivity index (χ1v) is 4.73. The van der Waals surface area contributed by atoms with Crippen molar-refractivity contribution in [1.82, 2.24) is 0 Å². The SMILES string of the molecule is CC(N)Cc1ccc(O)c(Br)c1F. The highest BCUT2D eigenvalue weighted by Gasteiger charge is 2.11. The Morgan fingerprint density at radius 2 is 2.23 bits per heavy atom. The lowest BCUT2D eigenvalue weighted by Gasteiger charge is -2.08. The predicted octanol–water partition coefficient (Wildman–Crippen LogP) is 2.18. The van der Waals surface area contributed by atoms with Crippen LogP contribution in [0.15, 0.2) is 16.6 Å². The second-order valence-electron chi connectivity index (χ2n) is 3.05. The smallest absolute Gasteiger partial charge is 0.144 e. The molecule has 0 aliphatic carbocycles. The Labute approximate surface area is 84.7 Å². The minimum atomic E-state index is -0.433. The summed E-state index contributed by atoms with van der Waals surface area (Å²) in [6.07, 6.45) is 0.463. The number of nitrogens with two attached hydrogens (primary N) is 1. The van der Waals surface area contributed by atoms with E-state index in [1.54, 1.807) is 13.0 Å². The van der Waals surface area contributed by atoms with E-state index < -0.39 is 5.82 Å². The summed E-state index contributed by atoms with van der Waals surface area (Å²) in [6, 6.07) is 2.90. The van der Waals surface area contributed by atoms with Gasteiger partial charge in [-0.3, -0.25) is 0 Å². The first-order chi connectivity index (χ1) is 6.02. The van der Waals surface area contributed by atoms with Crippen LogP contribution in [0.2, 0.25) is 0 Å². The summed E-state index contributed by atoms with van der Waals surface area (Å²) in [4.78, 5) is 0. The van der Waals surface area contributed by atoms with Crippen molar-refractivity contribution < 1.29 is 9.50 Å². The van der Waals surface area contributed by atoms with E-state index in [1.165, 1.54) is 6.07 Å². The van der Waals surface area contributed by atoms with Crippen molar-refractivity contribution in [3.63, 3.8) is 0 Å². The quantitative estimate of drug-likeness (QED) is 0.842. The summed E-state index contributed by atoms with van der Waals surface area (Å²) >= 11 is 2.95. The third-order valence-corrected chi connectivity index (χ3v) is 2.44. The first kappa shape index (κ1) is 10.5. The Balaban J connectivity index is 3.04. The highest BCUT2D eigenvalue weighted by atomic mass is 79.9. The van der Waals surface area contributed by atoms with Crippen molar-refractivity contribution in [1.29, 1.82) is 0 Å². The molecule has 1 unspecified atom stereocenters. The van der Waals surface area contributed by atoms with Crippen LogP contribution in [0.25, 0.3) is 0 Å². The van der Waals surface area contributed by atoms with Crippen molar-refractivity contribution in [3.05, 3.63) is 28.0 Å². The number of phenols is 1. The number of aromatic hydroxyl groups is 1. The second kappa shape index (κ2) is 4.07. The molecule has 0 saturated carbocycles. The second-order valence-corrected chi connectivity index (χ2v) is 3.85. The summed E-state index contributed by atoms with van der Waals surface area (Å²) in [6.45, 7) is 1.81. The summed E-state index contributed by atoms with van der Waals surface area (Å²) in [5.74, 6) is -0.525. The maximum atomic E-state index is 13.4. The van der Waals surface area contributed by atoms with Gasteiger partial charge in [-0.25, -0.2) is 4.39 Å². The normalized spacial score (nSPS) is 12.9. The Bertz CT molecular complexity index is 315. The Kier molecular flexibility index (Phi) is 3.27. The van der Waals surface area contributed by atoms with Gasteiger partial charge in [-0.2, -0.15) is 0 Å². The molecule has 0 bridgehead atoms. The van der Waals surface area contributed by atoms with Gasteiger partial charge in [-0.05, 0) is 40.9 Å². The van der Waals surface area contributed by atoms with Crippen molar-refractivity contribution in [3.8, 4) is 5.75 Å². The molecule has 0 fully saturated rings. The van der Waals surface area contributed by atoms with Crippen molar-refractivity contribution >= 4 is 15.9 Å². The van der Waals surface area contributed by atoms with Gasteiger partial charge in [0, 0.05) is 6.04 Å². The van der Waals surface area contributed by atoms with Crippen LogP contribution in [-0.4, -0.2) is 11.1 Å². The lowest BCUT2D eigenvalue weighted by Crippen LogP contribution is -2.18. The van der Waals surface area contributed by atoms with E-state index >= 15 is 0 Å². The third kappa shape index (κ3) is 2.42. The lowest BCUT2D eigenvalue weighted by molar-refractivity contribution is 0.462. The highest BCUT2D eigenvalue weighted by Crippen LogP contribution is 2.29. The van der Waals surface area contributed by atoms with Gasteiger partial charge < -0.3 is 10.8 Å². The molecule has 13 heavy (non-hydrogen) atoms. The molecular formula is C9H11BrFNO. The number of phenolic OH excluding ortho intramolecular Hbond substituents is 1. The Morgan fingerprint density at radius 1 is 1.62 bits per heavy atom. The standard InChI is InChI=1S/C9H11BrFNO/c1-5(12)4-6-2-3-7(13)8(10)9(6)11/h2-3,5,13H,4,12H2,1H3. The topological polar surface area (TPSA) is 46.2 Å². The van der Waals surface area contributed by atoms with Crippen LogP contribution in [0.4, 0.5) is 4.39 Å². The minimum absolute atomic E-state index is 0.0917. The van der Waals surface area contributed by atoms with Gasteiger partial charge >= 0.3 is 0 Å². The molecule has 1 aromatic carbocycles. The average Bonchev–Trinajstić information content (AvgIpc) is 2.06. The molecule has 0 heterocycles. The molecule has 3 N–H and O–H groups in total. The first-order valence-electron chi connectivity index (χ1n) is 3.93. The molecule has 4 heteroatoms. The van der Waals surface area contributed by atoms with E-state index in [2.05, 4.69) is 15.9 Å². The van der Waals surface area contributed by atoms with Gasteiger partial charge in [-0.15, -0.1) is 0 Å². The van der Waals surface area contributed by atoms with Gasteiger partial charge in [0.15, 0.2) is 0 Å². The van der Waals surface area contributed by atoms with Crippen LogP contribution in [0.1, 0.15) is 12.5 Å². The van der Waals surface area contributed by atoms with Crippen LogP contribution in [0.5, 0.6) is 5.75 Å². The predicted molar refractivity (Wildman–Crippen MR) is 53.1 cm³/mol. The summed E-state index contributed by atoms with van der Waals surface area (Å²) in [5.41, 5.74) is 6.05. The van der Waals surface area contributed by atoms with E-state index in [0.717, 1.165) is 0 Å². The van der Waals surface area contributed by atoms with Gasteiger partial charge in [0.05, 0.1) is 4.47 Å². The van der Waals surface area contributed by atoms with Gasteiger partial charge in [0.1, 0.15) is 11.6 Å². The number of halogens is 2. The van der Waals surface area contributed by atoms with Crippen LogP contribution < -0.4 is 5.73 Å². The van der Waals surface area contributed by atoms with Gasteiger partial charge in [0.25, 0.3) is 0 Å². The number of hydrogen-bond donors (Lipinski definition) is 2. The zero-order chi connectivity index (χ0) is 10.0. The van der Waals surface area contributed by atoms with Crippen LogP contribution >= 0.6 is 15.9 Å². The Hall–Kier alpha value is -0.610. The van der Waals surface area contributed by atoms with Gasteiger partial charge in [0.2, 0.25) is 0 Å². The number of rotatable bonds is 2. The molecule has 72 valence electrons. The number of hydrogen-bond acceptors (Lipinski definition) is 2. The summed E-state index contributed by atoms with van der Waals surface area (Å²) in [5, 5.41) is 9.14. The maximum absolute atomic E-state index is 13.4. The maximum Gasteiger partial charge on any atom is 0.144 e. The van der Waals surface area contributed by atoms with E-state index in [0.29, 0.717) is 12.0 Å². The molecule has 1 aromatic rings. The van der Waals surface area contributed by atoms with Gasteiger partial charge in [-0.1, -0.05) is 6.07 Å². The average molecular weight is 248 g/mol. The monoisotopic (exact) mass is 247 g/mol. The summed E-state index contributed by atoms with van der Waals surface area (Å²) in [7, 11) is 0. The molecule has 0 aliphatic rings. The molecule has 2 nitrogen and oxygen atoms in total. The molecule has 0 spiro atoms. The van der Waals surface area contributed by atoms with Crippen molar-refractivity contribution in [2.75, 3.05) is 0 Å². The van der Waals surface area contributed by atoms with E-state index in [9.17, 15) is 4.39 Å². The lowest BCUT2D eigenvalue weighted by atomic mass is 10.1. The molecule has 0 saturated heterocycles. The molecule has 0 amide bonds.